The van der Waals surface area contributed by atoms with Crippen LogP contribution in [0.1, 0.15) is 5.56 Å². The number of aromatic nitrogens is 1. The van der Waals surface area contributed by atoms with Gasteiger partial charge < -0.3 is 10.1 Å². The van der Waals surface area contributed by atoms with Crippen molar-refractivity contribution in [1.82, 2.24) is 4.98 Å². The van der Waals surface area contributed by atoms with Gasteiger partial charge in [-0.15, -0.1) is 13.2 Å². The number of alkyl halides is 3. The molecule has 6 nitrogen and oxygen atoms in total. The topological polar surface area (TPSA) is 77.3 Å². The molecule has 1 N–H and O–H groups in total. The molecule has 23 heavy (non-hydrogen) atoms. The summed E-state index contributed by atoms with van der Waals surface area (Å²) in [6.45, 7) is -0.0937. The molecule has 2 rings (SSSR count). The van der Waals surface area contributed by atoms with Crippen LogP contribution in [0.4, 0.5) is 24.5 Å². The molecular formula is C13H9BrF3N3O3. The number of halogens is 4. The van der Waals surface area contributed by atoms with E-state index < -0.39 is 11.3 Å². The highest BCUT2D eigenvalue weighted by molar-refractivity contribution is 9.10. The van der Waals surface area contributed by atoms with Gasteiger partial charge in [0.2, 0.25) is 0 Å². The smallest absolute Gasteiger partial charge is 0.405 e. The van der Waals surface area contributed by atoms with Gasteiger partial charge in [0.15, 0.2) is 0 Å². The van der Waals surface area contributed by atoms with E-state index in [-0.39, 0.29) is 29.2 Å². The number of rotatable bonds is 5. The predicted octanol–water partition coefficient (Wildman–Crippen LogP) is 4.26. The van der Waals surface area contributed by atoms with Crippen LogP contribution in [-0.4, -0.2) is 16.3 Å². The van der Waals surface area contributed by atoms with Gasteiger partial charge in [-0.05, 0) is 22.0 Å². The van der Waals surface area contributed by atoms with Gasteiger partial charge in [0.1, 0.15) is 22.2 Å². The molecule has 0 aliphatic rings. The maximum Gasteiger partial charge on any atom is 0.573 e. The van der Waals surface area contributed by atoms with E-state index in [1.54, 1.807) is 0 Å². The van der Waals surface area contributed by atoms with Gasteiger partial charge in [0.25, 0.3) is 0 Å². The first kappa shape index (κ1) is 17.0. The quantitative estimate of drug-likeness (QED) is 0.468. The third-order valence-electron chi connectivity index (χ3n) is 2.71. The molecule has 1 heterocycles. The lowest BCUT2D eigenvalue weighted by molar-refractivity contribution is -0.384. The average molecular weight is 392 g/mol. The Balaban J connectivity index is 2.22. The van der Waals surface area contributed by atoms with E-state index in [9.17, 15) is 23.3 Å². The molecular weight excluding hydrogens is 383 g/mol. The molecule has 0 atom stereocenters. The van der Waals surface area contributed by atoms with Crippen LogP contribution < -0.4 is 10.1 Å². The normalized spacial score (nSPS) is 11.1. The maximum absolute atomic E-state index is 12.4. The molecule has 2 aromatic rings. The molecule has 0 saturated carbocycles. The van der Waals surface area contributed by atoms with Crippen molar-refractivity contribution in [1.29, 1.82) is 0 Å². The Kier molecular flexibility index (Phi) is 5.04. The zero-order chi connectivity index (χ0) is 17.0. The lowest BCUT2D eigenvalue weighted by atomic mass is 10.2. The number of hydrogen-bond donors (Lipinski definition) is 1. The van der Waals surface area contributed by atoms with Crippen molar-refractivity contribution in [3.8, 4) is 5.75 Å². The second-order valence-corrected chi connectivity index (χ2v) is 5.10. The number of ether oxygens (including phenoxy) is 1. The van der Waals surface area contributed by atoms with Crippen molar-refractivity contribution < 1.29 is 22.8 Å². The van der Waals surface area contributed by atoms with Gasteiger partial charge in [-0.25, -0.2) is 4.98 Å². The zero-order valence-electron chi connectivity index (χ0n) is 11.3. The molecule has 0 saturated heterocycles. The fourth-order valence-electron chi connectivity index (χ4n) is 1.77. The Morgan fingerprint density at radius 2 is 2.04 bits per heavy atom. The van der Waals surface area contributed by atoms with Crippen molar-refractivity contribution in [2.75, 3.05) is 5.32 Å². The van der Waals surface area contributed by atoms with Crippen molar-refractivity contribution >= 4 is 27.3 Å². The molecule has 0 aliphatic carbocycles. The molecule has 0 amide bonds. The number of pyridine rings is 1. The van der Waals surface area contributed by atoms with Gasteiger partial charge in [-0.1, -0.05) is 18.2 Å². The van der Waals surface area contributed by atoms with Crippen LogP contribution in [0, 0.1) is 10.1 Å². The first-order valence-electron chi connectivity index (χ1n) is 6.14. The first-order valence-corrected chi connectivity index (χ1v) is 6.93. The minimum atomic E-state index is -4.82. The lowest BCUT2D eigenvalue weighted by Gasteiger charge is -2.14. The maximum atomic E-state index is 12.4. The molecule has 10 heteroatoms. The Hall–Kier alpha value is -2.36. The van der Waals surface area contributed by atoms with Gasteiger partial charge in [0, 0.05) is 18.2 Å². The van der Waals surface area contributed by atoms with Crippen LogP contribution >= 0.6 is 15.9 Å². The molecule has 122 valence electrons. The fourth-order valence-corrected chi connectivity index (χ4v) is 2.11. The van der Waals surface area contributed by atoms with Crippen molar-refractivity contribution in [2.45, 2.75) is 12.9 Å². The largest absolute Gasteiger partial charge is 0.573 e. The third-order valence-corrected chi connectivity index (χ3v) is 3.15. The zero-order valence-corrected chi connectivity index (χ0v) is 12.9. The number of nitro groups is 1. The van der Waals surface area contributed by atoms with Gasteiger partial charge in [-0.3, -0.25) is 10.1 Å². The summed E-state index contributed by atoms with van der Waals surface area (Å²) in [6, 6.07) is 6.90. The van der Waals surface area contributed by atoms with Crippen LogP contribution in [0.3, 0.4) is 0 Å². The lowest BCUT2D eigenvalue weighted by Crippen LogP contribution is -2.18. The number of nitrogens with one attached hydrogen (secondary N) is 1. The minimum absolute atomic E-state index is 0.0937. The van der Waals surface area contributed by atoms with Crippen LogP contribution in [0.15, 0.2) is 41.1 Å². The molecule has 0 radical (unpaired) electrons. The van der Waals surface area contributed by atoms with E-state index >= 15 is 0 Å². The summed E-state index contributed by atoms with van der Waals surface area (Å²) in [6.07, 6.45) is -3.77. The Morgan fingerprint density at radius 1 is 1.35 bits per heavy atom. The second-order valence-electron chi connectivity index (χ2n) is 4.29. The van der Waals surface area contributed by atoms with E-state index in [1.165, 1.54) is 30.3 Å². The number of anilines is 1. The van der Waals surface area contributed by atoms with Crippen LogP contribution in [0.25, 0.3) is 0 Å². The SMILES string of the molecule is O=[N+]([O-])c1cnc(Br)cc1NCc1ccccc1OC(F)(F)F. The molecule has 0 unspecified atom stereocenters. The summed E-state index contributed by atoms with van der Waals surface area (Å²) in [5.74, 6) is -0.372. The molecule has 1 aromatic heterocycles. The summed E-state index contributed by atoms with van der Waals surface area (Å²) in [7, 11) is 0. The molecule has 0 aliphatic heterocycles. The molecule has 1 aromatic carbocycles. The summed E-state index contributed by atoms with van der Waals surface area (Å²) in [5.41, 5.74) is 0.0353. The average Bonchev–Trinajstić information content (AvgIpc) is 2.44. The standard InChI is InChI=1S/C13H9BrF3N3O3/c14-12-5-9(10(7-19-12)20(21)22)18-6-8-3-1-2-4-11(8)23-13(15,16)17/h1-5,7H,6H2,(H,18,19). The third kappa shape index (κ3) is 4.81. The summed E-state index contributed by atoms with van der Waals surface area (Å²) < 4.78 is 41.4. The number of para-hydroxylation sites is 1. The summed E-state index contributed by atoms with van der Waals surface area (Å²) in [5, 5.41) is 13.7. The van der Waals surface area contributed by atoms with Crippen molar-refractivity contribution in [3.63, 3.8) is 0 Å². The van der Waals surface area contributed by atoms with E-state index in [0.29, 0.717) is 4.60 Å². The van der Waals surface area contributed by atoms with E-state index in [4.69, 9.17) is 0 Å². The van der Waals surface area contributed by atoms with Crippen molar-refractivity contribution in [2.24, 2.45) is 0 Å². The first-order chi connectivity index (χ1) is 10.8. The van der Waals surface area contributed by atoms with Crippen molar-refractivity contribution in [3.05, 3.63) is 56.8 Å². The predicted molar refractivity (Wildman–Crippen MR) is 79.0 cm³/mol. The Labute approximate surface area is 136 Å². The Morgan fingerprint density at radius 3 is 2.70 bits per heavy atom. The van der Waals surface area contributed by atoms with Crippen LogP contribution in [-0.2, 0) is 6.54 Å². The fraction of sp³-hybridized carbons (Fsp3) is 0.154. The Bertz CT molecular complexity index is 725. The van der Waals surface area contributed by atoms with E-state index in [0.717, 1.165) is 6.20 Å². The van der Waals surface area contributed by atoms with Crippen LogP contribution in [0.2, 0.25) is 0 Å². The van der Waals surface area contributed by atoms with E-state index in [2.05, 4.69) is 31.0 Å². The number of benzene rings is 1. The van der Waals surface area contributed by atoms with Gasteiger partial charge in [0.05, 0.1) is 4.92 Å². The minimum Gasteiger partial charge on any atom is -0.405 e. The highest BCUT2D eigenvalue weighted by atomic mass is 79.9. The number of hydrogen-bond acceptors (Lipinski definition) is 5. The van der Waals surface area contributed by atoms with Gasteiger partial charge >= 0.3 is 12.0 Å². The monoisotopic (exact) mass is 391 g/mol. The van der Waals surface area contributed by atoms with Crippen LogP contribution in [0.5, 0.6) is 5.75 Å². The summed E-state index contributed by atoms with van der Waals surface area (Å²) >= 11 is 3.08. The molecule has 0 bridgehead atoms. The highest BCUT2D eigenvalue weighted by Gasteiger charge is 2.32. The van der Waals surface area contributed by atoms with Gasteiger partial charge in [-0.2, -0.15) is 0 Å². The summed E-state index contributed by atoms with van der Waals surface area (Å²) in [4.78, 5) is 14.0. The molecule has 0 spiro atoms. The number of nitrogens with zero attached hydrogens (tertiary/aromatic N) is 2. The van der Waals surface area contributed by atoms with E-state index in [1.807, 2.05) is 0 Å². The second kappa shape index (κ2) is 6.82. The molecule has 0 fully saturated rings. The highest BCUT2D eigenvalue weighted by Crippen LogP contribution is 2.29.